The van der Waals surface area contributed by atoms with E-state index in [2.05, 4.69) is 15.5 Å². The number of hydrogen-bond acceptors (Lipinski definition) is 5. The summed E-state index contributed by atoms with van der Waals surface area (Å²) in [5.41, 5.74) is 1.89. The molecule has 21 heavy (non-hydrogen) atoms. The summed E-state index contributed by atoms with van der Waals surface area (Å²) in [5, 5.41) is 11.1. The van der Waals surface area contributed by atoms with E-state index in [1.54, 1.807) is 18.1 Å². The van der Waals surface area contributed by atoms with E-state index in [0.717, 1.165) is 22.7 Å². The lowest BCUT2D eigenvalue weighted by atomic mass is 10.2. The Balaban J connectivity index is 1.72. The normalized spacial score (nSPS) is 10.3. The highest BCUT2D eigenvalue weighted by atomic mass is 16.5. The van der Waals surface area contributed by atoms with Gasteiger partial charge in [0.15, 0.2) is 0 Å². The maximum absolute atomic E-state index is 5.79. The van der Waals surface area contributed by atoms with Crippen molar-refractivity contribution in [1.29, 1.82) is 0 Å². The van der Waals surface area contributed by atoms with Crippen molar-refractivity contribution in [2.45, 2.75) is 6.61 Å². The van der Waals surface area contributed by atoms with Crippen LogP contribution < -0.4 is 9.47 Å². The summed E-state index contributed by atoms with van der Waals surface area (Å²) in [7, 11) is 1.65. The largest absolute Gasteiger partial charge is 0.497 e. The SMILES string of the molecule is COc1cccc(COc2cccc(-n3cnnn3)c2)c1. The van der Waals surface area contributed by atoms with E-state index < -0.39 is 0 Å². The molecule has 6 nitrogen and oxygen atoms in total. The molecule has 0 radical (unpaired) electrons. The minimum atomic E-state index is 0.469. The third-order valence-electron chi connectivity index (χ3n) is 2.97. The van der Waals surface area contributed by atoms with E-state index >= 15 is 0 Å². The second-order valence-electron chi connectivity index (χ2n) is 4.39. The fraction of sp³-hybridized carbons (Fsp3) is 0.133. The molecule has 3 rings (SSSR count). The smallest absolute Gasteiger partial charge is 0.143 e. The Morgan fingerprint density at radius 3 is 2.71 bits per heavy atom. The van der Waals surface area contributed by atoms with Gasteiger partial charge in [0.05, 0.1) is 12.8 Å². The van der Waals surface area contributed by atoms with Crippen molar-refractivity contribution in [3.8, 4) is 17.2 Å². The van der Waals surface area contributed by atoms with Crippen LogP contribution in [-0.2, 0) is 6.61 Å². The summed E-state index contributed by atoms with van der Waals surface area (Å²) >= 11 is 0. The molecule has 0 bridgehead atoms. The van der Waals surface area contributed by atoms with Crippen LogP contribution in [0.15, 0.2) is 54.9 Å². The molecular weight excluding hydrogens is 268 g/mol. The van der Waals surface area contributed by atoms with E-state index in [-0.39, 0.29) is 0 Å². The van der Waals surface area contributed by atoms with E-state index in [9.17, 15) is 0 Å². The van der Waals surface area contributed by atoms with Crippen molar-refractivity contribution < 1.29 is 9.47 Å². The zero-order valence-corrected chi connectivity index (χ0v) is 11.5. The zero-order chi connectivity index (χ0) is 14.5. The molecule has 2 aromatic carbocycles. The van der Waals surface area contributed by atoms with Crippen LogP contribution in [0, 0.1) is 0 Å². The van der Waals surface area contributed by atoms with Crippen LogP contribution in [0.2, 0.25) is 0 Å². The molecule has 0 saturated carbocycles. The molecule has 1 aromatic heterocycles. The monoisotopic (exact) mass is 282 g/mol. The van der Waals surface area contributed by atoms with Crippen molar-refractivity contribution in [3.63, 3.8) is 0 Å². The number of tetrazole rings is 1. The highest BCUT2D eigenvalue weighted by Crippen LogP contribution is 2.18. The molecule has 0 spiro atoms. The first-order valence-corrected chi connectivity index (χ1v) is 6.44. The van der Waals surface area contributed by atoms with Gasteiger partial charge in [-0.05, 0) is 40.3 Å². The highest BCUT2D eigenvalue weighted by molar-refractivity contribution is 5.38. The van der Waals surface area contributed by atoms with Crippen LogP contribution in [0.4, 0.5) is 0 Å². The minimum Gasteiger partial charge on any atom is -0.497 e. The van der Waals surface area contributed by atoms with Crippen molar-refractivity contribution in [2.24, 2.45) is 0 Å². The van der Waals surface area contributed by atoms with E-state index in [1.165, 1.54) is 0 Å². The molecule has 0 aliphatic rings. The van der Waals surface area contributed by atoms with Gasteiger partial charge in [0.1, 0.15) is 24.4 Å². The fourth-order valence-electron chi connectivity index (χ4n) is 1.92. The second-order valence-corrected chi connectivity index (χ2v) is 4.39. The average Bonchev–Trinajstić information content (AvgIpc) is 3.08. The standard InChI is InChI=1S/C15H14N4O2/c1-20-14-6-2-4-12(8-14)10-21-15-7-3-5-13(9-15)19-11-16-17-18-19/h2-9,11H,10H2,1H3. The van der Waals surface area contributed by atoms with Crippen molar-refractivity contribution in [3.05, 3.63) is 60.4 Å². The lowest BCUT2D eigenvalue weighted by Gasteiger charge is -2.08. The molecule has 0 amide bonds. The summed E-state index contributed by atoms with van der Waals surface area (Å²) < 4.78 is 12.6. The van der Waals surface area contributed by atoms with Gasteiger partial charge in [-0.2, -0.15) is 0 Å². The number of nitrogens with zero attached hydrogens (tertiary/aromatic N) is 4. The highest BCUT2D eigenvalue weighted by Gasteiger charge is 2.02. The predicted molar refractivity (Wildman–Crippen MR) is 76.5 cm³/mol. The Kier molecular flexibility index (Phi) is 3.77. The van der Waals surface area contributed by atoms with Gasteiger partial charge >= 0.3 is 0 Å². The second kappa shape index (κ2) is 6.04. The Morgan fingerprint density at radius 1 is 1.05 bits per heavy atom. The van der Waals surface area contributed by atoms with Crippen molar-refractivity contribution in [2.75, 3.05) is 7.11 Å². The molecule has 106 valence electrons. The molecule has 0 N–H and O–H groups in total. The van der Waals surface area contributed by atoms with E-state index in [0.29, 0.717) is 6.61 Å². The van der Waals surface area contributed by atoms with Crippen LogP contribution >= 0.6 is 0 Å². The molecule has 1 heterocycles. The van der Waals surface area contributed by atoms with Gasteiger partial charge in [-0.1, -0.05) is 18.2 Å². The molecule has 0 fully saturated rings. The first-order chi connectivity index (χ1) is 10.3. The first kappa shape index (κ1) is 13.1. The lowest BCUT2D eigenvalue weighted by Crippen LogP contribution is -1.98. The quantitative estimate of drug-likeness (QED) is 0.718. The van der Waals surface area contributed by atoms with Gasteiger partial charge in [0.2, 0.25) is 0 Å². The van der Waals surface area contributed by atoms with E-state index in [4.69, 9.17) is 9.47 Å². The number of rotatable bonds is 5. The molecule has 6 heteroatoms. The third kappa shape index (κ3) is 3.17. The Hall–Kier alpha value is -2.89. The maximum atomic E-state index is 5.79. The minimum absolute atomic E-state index is 0.469. The van der Waals surface area contributed by atoms with Gasteiger partial charge in [0, 0.05) is 6.07 Å². The number of benzene rings is 2. The number of hydrogen-bond donors (Lipinski definition) is 0. The lowest BCUT2D eigenvalue weighted by molar-refractivity contribution is 0.305. The topological polar surface area (TPSA) is 62.1 Å². The summed E-state index contributed by atoms with van der Waals surface area (Å²) in [6.45, 7) is 0.469. The summed E-state index contributed by atoms with van der Waals surface area (Å²) in [5.74, 6) is 1.57. The third-order valence-corrected chi connectivity index (χ3v) is 2.97. The summed E-state index contributed by atoms with van der Waals surface area (Å²) in [6.07, 6.45) is 1.54. The van der Waals surface area contributed by atoms with Crippen LogP contribution in [0.3, 0.4) is 0 Å². The van der Waals surface area contributed by atoms with Crippen LogP contribution in [0.5, 0.6) is 11.5 Å². The van der Waals surface area contributed by atoms with Gasteiger partial charge in [0.25, 0.3) is 0 Å². The molecule has 0 atom stereocenters. The van der Waals surface area contributed by atoms with Gasteiger partial charge in [-0.3, -0.25) is 0 Å². The zero-order valence-electron chi connectivity index (χ0n) is 11.5. The van der Waals surface area contributed by atoms with Gasteiger partial charge in [-0.25, -0.2) is 4.68 Å². The molecule has 0 saturated heterocycles. The molecule has 3 aromatic rings. The molecule has 0 unspecified atom stereocenters. The van der Waals surface area contributed by atoms with Crippen molar-refractivity contribution in [1.82, 2.24) is 20.2 Å². The van der Waals surface area contributed by atoms with Crippen LogP contribution in [0.25, 0.3) is 5.69 Å². The Bertz CT molecular complexity index is 713. The fourth-order valence-corrected chi connectivity index (χ4v) is 1.92. The predicted octanol–water partition coefficient (Wildman–Crippen LogP) is 2.25. The number of ether oxygens (including phenoxy) is 2. The first-order valence-electron chi connectivity index (χ1n) is 6.44. The summed E-state index contributed by atoms with van der Waals surface area (Å²) in [4.78, 5) is 0. The maximum Gasteiger partial charge on any atom is 0.143 e. The number of methoxy groups -OCH3 is 1. The molecule has 0 aliphatic heterocycles. The average molecular weight is 282 g/mol. The summed E-state index contributed by atoms with van der Waals surface area (Å²) in [6, 6.07) is 15.4. The molecular formula is C15H14N4O2. The van der Waals surface area contributed by atoms with E-state index in [1.807, 2.05) is 48.5 Å². The van der Waals surface area contributed by atoms with Crippen LogP contribution in [0.1, 0.15) is 5.56 Å². The Morgan fingerprint density at radius 2 is 1.90 bits per heavy atom. The van der Waals surface area contributed by atoms with Gasteiger partial charge in [-0.15, -0.1) is 5.10 Å². The number of aromatic nitrogens is 4. The van der Waals surface area contributed by atoms with Gasteiger partial charge < -0.3 is 9.47 Å². The Labute approximate surface area is 121 Å². The molecule has 0 aliphatic carbocycles. The van der Waals surface area contributed by atoms with Crippen LogP contribution in [-0.4, -0.2) is 27.3 Å². The van der Waals surface area contributed by atoms with Crippen molar-refractivity contribution >= 4 is 0 Å².